The van der Waals surface area contributed by atoms with Crippen LogP contribution in [0.25, 0.3) is 0 Å². The molecular formula is C20H27N5O. The minimum atomic E-state index is 0.0854. The first-order valence-electron chi connectivity index (χ1n) is 9.76. The summed E-state index contributed by atoms with van der Waals surface area (Å²) in [6, 6.07) is 6.68. The average molecular weight is 353 g/mol. The van der Waals surface area contributed by atoms with Crippen molar-refractivity contribution in [3.8, 4) is 0 Å². The van der Waals surface area contributed by atoms with Gasteiger partial charge in [-0.25, -0.2) is 4.79 Å². The Balaban J connectivity index is 1.33. The Morgan fingerprint density at radius 1 is 1.04 bits per heavy atom. The van der Waals surface area contributed by atoms with Crippen LogP contribution in [0.1, 0.15) is 56.0 Å². The number of urea groups is 1. The highest BCUT2D eigenvalue weighted by atomic mass is 16.2. The third kappa shape index (κ3) is 3.74. The Morgan fingerprint density at radius 2 is 1.81 bits per heavy atom. The number of hydrogen-bond acceptors (Lipinski definition) is 3. The molecule has 4 rings (SSSR count). The average Bonchev–Trinajstić information content (AvgIpc) is 3.24. The lowest BCUT2D eigenvalue weighted by molar-refractivity contribution is 0.165. The van der Waals surface area contributed by atoms with Gasteiger partial charge in [-0.2, -0.15) is 5.10 Å². The van der Waals surface area contributed by atoms with Crippen molar-refractivity contribution in [2.24, 2.45) is 0 Å². The summed E-state index contributed by atoms with van der Waals surface area (Å²) in [7, 11) is 0. The molecule has 0 spiro atoms. The number of nitrogens with one attached hydrogen (secondary N) is 1. The maximum atomic E-state index is 12.8. The molecule has 1 saturated heterocycles. The van der Waals surface area contributed by atoms with E-state index in [-0.39, 0.29) is 18.1 Å². The van der Waals surface area contributed by atoms with Crippen LogP contribution in [0.3, 0.4) is 0 Å². The fourth-order valence-electron chi connectivity index (χ4n) is 4.37. The summed E-state index contributed by atoms with van der Waals surface area (Å²) in [4.78, 5) is 18.9. The first-order chi connectivity index (χ1) is 12.8. The topological polar surface area (TPSA) is 63.1 Å². The SMILES string of the molecule is O=C(N[C@H]1CCCC[C@@H]1n1cccn1)N1CCC(c2ccncc2)CC1. The highest BCUT2D eigenvalue weighted by molar-refractivity contribution is 5.74. The van der Waals surface area contributed by atoms with E-state index in [0.29, 0.717) is 5.92 Å². The molecule has 1 saturated carbocycles. The zero-order valence-electron chi connectivity index (χ0n) is 15.1. The molecule has 0 bridgehead atoms. The Morgan fingerprint density at radius 3 is 2.54 bits per heavy atom. The maximum Gasteiger partial charge on any atom is 0.317 e. The van der Waals surface area contributed by atoms with Gasteiger partial charge in [0, 0.05) is 37.9 Å². The van der Waals surface area contributed by atoms with Crippen LogP contribution in [-0.4, -0.2) is 44.8 Å². The predicted molar refractivity (Wildman–Crippen MR) is 99.8 cm³/mol. The van der Waals surface area contributed by atoms with Crippen molar-refractivity contribution in [3.63, 3.8) is 0 Å². The smallest absolute Gasteiger partial charge is 0.317 e. The van der Waals surface area contributed by atoms with Crippen LogP contribution in [0.2, 0.25) is 0 Å². The number of carbonyl (C=O) groups excluding carboxylic acids is 1. The zero-order chi connectivity index (χ0) is 17.8. The van der Waals surface area contributed by atoms with Gasteiger partial charge in [-0.15, -0.1) is 0 Å². The molecule has 0 radical (unpaired) electrons. The van der Waals surface area contributed by atoms with E-state index in [0.717, 1.165) is 38.8 Å². The highest BCUT2D eigenvalue weighted by Gasteiger charge is 2.31. The van der Waals surface area contributed by atoms with Gasteiger partial charge < -0.3 is 10.2 Å². The van der Waals surface area contributed by atoms with Crippen LogP contribution in [0, 0.1) is 0 Å². The van der Waals surface area contributed by atoms with Gasteiger partial charge in [-0.1, -0.05) is 12.8 Å². The second-order valence-electron chi connectivity index (χ2n) is 7.44. The molecule has 1 aliphatic heterocycles. The van der Waals surface area contributed by atoms with Crippen molar-refractivity contribution < 1.29 is 4.79 Å². The molecule has 1 aliphatic carbocycles. The summed E-state index contributed by atoms with van der Waals surface area (Å²) in [5.74, 6) is 0.536. The summed E-state index contributed by atoms with van der Waals surface area (Å²) in [6.07, 6.45) is 14.1. The standard InChI is InChI=1S/C20H27N5O/c26-20(23-18-4-1-2-5-19(18)25-13-3-10-22-25)24-14-8-17(9-15-24)16-6-11-21-12-7-16/h3,6-7,10-13,17-19H,1-2,4-5,8-9,14-15H2,(H,23,26)/t18-,19-/m0/s1. The van der Waals surface area contributed by atoms with E-state index in [1.54, 1.807) is 0 Å². The molecule has 0 aromatic carbocycles. The van der Waals surface area contributed by atoms with E-state index in [4.69, 9.17) is 0 Å². The number of amides is 2. The summed E-state index contributed by atoms with van der Waals surface area (Å²) >= 11 is 0. The van der Waals surface area contributed by atoms with Crippen LogP contribution in [0.15, 0.2) is 43.0 Å². The van der Waals surface area contributed by atoms with Gasteiger partial charge in [0.25, 0.3) is 0 Å². The third-order valence-corrected chi connectivity index (χ3v) is 5.86. The second kappa shape index (κ2) is 7.89. The van der Waals surface area contributed by atoms with Gasteiger partial charge in [-0.3, -0.25) is 9.67 Å². The summed E-state index contributed by atoms with van der Waals surface area (Å²) in [5.41, 5.74) is 1.34. The van der Waals surface area contributed by atoms with Crippen molar-refractivity contribution in [3.05, 3.63) is 48.5 Å². The number of piperidine rings is 1. The lowest BCUT2D eigenvalue weighted by atomic mass is 9.89. The van der Waals surface area contributed by atoms with Crippen LogP contribution < -0.4 is 5.32 Å². The Hall–Kier alpha value is -2.37. The van der Waals surface area contributed by atoms with E-state index < -0.39 is 0 Å². The van der Waals surface area contributed by atoms with Gasteiger partial charge in [0.15, 0.2) is 0 Å². The Kier molecular flexibility index (Phi) is 5.18. The molecule has 1 N–H and O–H groups in total. The van der Waals surface area contributed by atoms with Crippen molar-refractivity contribution in [2.75, 3.05) is 13.1 Å². The van der Waals surface area contributed by atoms with Crippen LogP contribution in [0.5, 0.6) is 0 Å². The summed E-state index contributed by atoms with van der Waals surface area (Å²) in [6.45, 7) is 1.63. The van der Waals surface area contributed by atoms with E-state index >= 15 is 0 Å². The molecule has 26 heavy (non-hydrogen) atoms. The molecule has 2 aliphatic rings. The van der Waals surface area contributed by atoms with Crippen molar-refractivity contribution in [1.82, 2.24) is 25.0 Å². The molecule has 2 fully saturated rings. The van der Waals surface area contributed by atoms with Crippen molar-refractivity contribution in [1.29, 1.82) is 0 Å². The van der Waals surface area contributed by atoms with Gasteiger partial charge in [0.05, 0.1) is 12.1 Å². The van der Waals surface area contributed by atoms with E-state index in [1.807, 2.05) is 40.4 Å². The quantitative estimate of drug-likeness (QED) is 0.920. The Bertz CT molecular complexity index is 694. The molecule has 0 unspecified atom stereocenters. The van der Waals surface area contributed by atoms with Gasteiger partial charge in [-0.05, 0) is 55.4 Å². The second-order valence-corrected chi connectivity index (χ2v) is 7.44. The molecule has 2 aromatic rings. The van der Waals surface area contributed by atoms with Crippen LogP contribution >= 0.6 is 0 Å². The molecule has 2 atom stereocenters. The molecule has 2 aromatic heterocycles. The Labute approximate surface area is 154 Å². The minimum absolute atomic E-state index is 0.0854. The van der Waals surface area contributed by atoms with E-state index in [2.05, 4.69) is 27.5 Å². The molecule has 3 heterocycles. The fourth-order valence-corrected chi connectivity index (χ4v) is 4.37. The number of likely N-dealkylation sites (tertiary alicyclic amines) is 1. The molecular weight excluding hydrogens is 326 g/mol. The number of nitrogens with zero attached hydrogens (tertiary/aromatic N) is 4. The zero-order valence-corrected chi connectivity index (χ0v) is 15.1. The van der Waals surface area contributed by atoms with Gasteiger partial charge in [0.1, 0.15) is 0 Å². The predicted octanol–water partition coefficient (Wildman–Crippen LogP) is 3.35. The number of aromatic nitrogens is 3. The summed E-state index contributed by atoms with van der Waals surface area (Å²) < 4.78 is 2.01. The lowest BCUT2D eigenvalue weighted by Gasteiger charge is -2.36. The van der Waals surface area contributed by atoms with E-state index in [9.17, 15) is 4.79 Å². The monoisotopic (exact) mass is 353 g/mol. The maximum absolute atomic E-state index is 12.8. The van der Waals surface area contributed by atoms with Crippen molar-refractivity contribution in [2.45, 2.75) is 56.5 Å². The fraction of sp³-hybridized carbons (Fsp3) is 0.550. The first-order valence-corrected chi connectivity index (χ1v) is 9.76. The normalized spacial score (nSPS) is 24.4. The number of hydrogen-bond donors (Lipinski definition) is 1. The third-order valence-electron chi connectivity index (χ3n) is 5.86. The number of rotatable bonds is 3. The largest absolute Gasteiger partial charge is 0.333 e. The number of pyridine rings is 1. The molecule has 138 valence electrons. The lowest BCUT2D eigenvalue weighted by Crippen LogP contribution is -2.50. The minimum Gasteiger partial charge on any atom is -0.333 e. The highest BCUT2D eigenvalue weighted by Crippen LogP contribution is 2.30. The first kappa shape index (κ1) is 17.1. The van der Waals surface area contributed by atoms with Crippen molar-refractivity contribution >= 4 is 6.03 Å². The summed E-state index contributed by atoms with van der Waals surface area (Å²) in [5, 5.41) is 7.70. The van der Waals surface area contributed by atoms with Gasteiger partial charge in [0.2, 0.25) is 0 Å². The molecule has 6 nitrogen and oxygen atoms in total. The molecule has 6 heteroatoms. The molecule has 2 amide bonds. The van der Waals surface area contributed by atoms with Crippen LogP contribution in [0.4, 0.5) is 4.79 Å². The van der Waals surface area contributed by atoms with Gasteiger partial charge >= 0.3 is 6.03 Å². The van der Waals surface area contributed by atoms with Crippen LogP contribution in [-0.2, 0) is 0 Å². The van der Waals surface area contributed by atoms with E-state index in [1.165, 1.54) is 18.4 Å². The number of carbonyl (C=O) groups is 1.